The molecule has 0 aliphatic heterocycles. The fraction of sp³-hybridized carbons (Fsp3) is 0.267. The number of pyridine rings is 1. The van der Waals surface area contributed by atoms with Gasteiger partial charge in [-0.3, -0.25) is 0 Å². The molecule has 19 heavy (non-hydrogen) atoms. The number of halogens is 1. The Balaban J connectivity index is 2.15. The summed E-state index contributed by atoms with van der Waals surface area (Å²) in [7, 11) is 2.01. The highest BCUT2D eigenvalue weighted by Gasteiger charge is 2.07. The maximum absolute atomic E-state index is 6.02. The molecule has 0 saturated heterocycles. The van der Waals surface area contributed by atoms with Gasteiger partial charge in [0, 0.05) is 20.1 Å². The lowest BCUT2D eigenvalue weighted by Crippen LogP contribution is -2.18. The molecular formula is C15H18ClN3. The quantitative estimate of drug-likeness (QED) is 0.932. The highest BCUT2D eigenvalue weighted by atomic mass is 35.5. The zero-order valence-electron chi connectivity index (χ0n) is 11.2. The minimum atomic E-state index is 0.352. The predicted octanol–water partition coefficient (Wildman–Crippen LogP) is 3.14. The van der Waals surface area contributed by atoms with Gasteiger partial charge in [0.25, 0.3) is 0 Å². The van der Waals surface area contributed by atoms with E-state index < -0.39 is 0 Å². The van der Waals surface area contributed by atoms with Gasteiger partial charge in [0.1, 0.15) is 5.82 Å². The Bertz CT molecular complexity index is 552. The highest BCUT2D eigenvalue weighted by Crippen LogP contribution is 2.19. The van der Waals surface area contributed by atoms with Crippen LogP contribution in [-0.2, 0) is 13.1 Å². The molecule has 100 valence electrons. The first kappa shape index (κ1) is 13.8. The summed E-state index contributed by atoms with van der Waals surface area (Å²) < 4.78 is 0. The molecule has 2 rings (SSSR count). The van der Waals surface area contributed by atoms with Gasteiger partial charge >= 0.3 is 0 Å². The first-order valence-corrected chi connectivity index (χ1v) is 6.60. The maximum atomic E-state index is 6.02. The Morgan fingerprint density at radius 1 is 1.16 bits per heavy atom. The molecule has 4 heteroatoms. The summed E-state index contributed by atoms with van der Waals surface area (Å²) in [5.74, 6) is 0.880. The van der Waals surface area contributed by atoms with E-state index in [1.165, 1.54) is 11.1 Å². The molecule has 0 atom stereocenters. The molecule has 0 radical (unpaired) electrons. The van der Waals surface area contributed by atoms with Crippen LogP contribution in [0.5, 0.6) is 0 Å². The van der Waals surface area contributed by atoms with Crippen molar-refractivity contribution in [2.24, 2.45) is 5.73 Å². The van der Waals surface area contributed by atoms with E-state index in [0.717, 1.165) is 18.1 Å². The SMILES string of the molecule is Cc1ccc(CN(C)c2ccc(Cl)c(CN)n2)cc1. The average molecular weight is 276 g/mol. The largest absolute Gasteiger partial charge is 0.355 e. The van der Waals surface area contributed by atoms with Crippen LogP contribution < -0.4 is 10.6 Å². The van der Waals surface area contributed by atoms with Crippen molar-refractivity contribution >= 4 is 17.4 Å². The zero-order valence-corrected chi connectivity index (χ0v) is 12.0. The molecule has 0 saturated carbocycles. The molecule has 0 aliphatic rings. The molecule has 1 aromatic heterocycles. The third-order valence-corrected chi connectivity index (χ3v) is 3.37. The van der Waals surface area contributed by atoms with E-state index in [2.05, 4.69) is 41.1 Å². The van der Waals surface area contributed by atoms with Crippen LogP contribution in [0.3, 0.4) is 0 Å². The summed E-state index contributed by atoms with van der Waals surface area (Å²) in [5, 5.41) is 0.620. The highest BCUT2D eigenvalue weighted by molar-refractivity contribution is 6.31. The Kier molecular flexibility index (Phi) is 4.40. The molecule has 1 aromatic carbocycles. The monoisotopic (exact) mass is 275 g/mol. The molecule has 0 bridgehead atoms. The summed E-state index contributed by atoms with van der Waals surface area (Å²) in [5.41, 5.74) is 8.87. The lowest BCUT2D eigenvalue weighted by Gasteiger charge is -2.19. The average Bonchev–Trinajstić information content (AvgIpc) is 2.42. The van der Waals surface area contributed by atoms with E-state index in [0.29, 0.717) is 11.6 Å². The number of hydrogen-bond donors (Lipinski definition) is 1. The van der Waals surface area contributed by atoms with Gasteiger partial charge in [0.15, 0.2) is 0 Å². The zero-order chi connectivity index (χ0) is 13.8. The van der Waals surface area contributed by atoms with Crippen molar-refractivity contribution in [1.29, 1.82) is 0 Å². The molecule has 2 aromatic rings. The van der Waals surface area contributed by atoms with Crippen LogP contribution in [0.25, 0.3) is 0 Å². The standard InChI is InChI=1S/C15H18ClN3/c1-11-3-5-12(6-4-11)10-19(2)15-8-7-13(16)14(9-17)18-15/h3-8H,9-10,17H2,1-2H3. The van der Waals surface area contributed by atoms with Crippen LogP contribution in [0.2, 0.25) is 5.02 Å². The van der Waals surface area contributed by atoms with Gasteiger partial charge in [0.05, 0.1) is 10.7 Å². The number of aromatic nitrogens is 1. The number of aryl methyl sites for hydroxylation is 1. The molecular weight excluding hydrogens is 258 g/mol. The van der Waals surface area contributed by atoms with Gasteiger partial charge in [-0.2, -0.15) is 0 Å². The summed E-state index contributed by atoms with van der Waals surface area (Å²) >= 11 is 6.02. The molecule has 0 unspecified atom stereocenters. The van der Waals surface area contributed by atoms with Gasteiger partial charge in [-0.15, -0.1) is 0 Å². The van der Waals surface area contributed by atoms with Crippen molar-refractivity contribution in [3.05, 3.63) is 58.2 Å². The normalized spacial score (nSPS) is 10.5. The Morgan fingerprint density at radius 3 is 2.47 bits per heavy atom. The number of rotatable bonds is 4. The summed E-state index contributed by atoms with van der Waals surface area (Å²) in [6.45, 7) is 3.24. The van der Waals surface area contributed by atoms with Gasteiger partial charge in [0.2, 0.25) is 0 Å². The molecule has 2 N–H and O–H groups in total. The first-order valence-electron chi connectivity index (χ1n) is 6.22. The Morgan fingerprint density at radius 2 is 1.84 bits per heavy atom. The minimum Gasteiger partial charge on any atom is -0.355 e. The van der Waals surface area contributed by atoms with Crippen LogP contribution >= 0.6 is 11.6 Å². The van der Waals surface area contributed by atoms with E-state index in [-0.39, 0.29) is 0 Å². The van der Waals surface area contributed by atoms with E-state index in [9.17, 15) is 0 Å². The van der Waals surface area contributed by atoms with Crippen molar-refractivity contribution in [2.75, 3.05) is 11.9 Å². The van der Waals surface area contributed by atoms with E-state index >= 15 is 0 Å². The van der Waals surface area contributed by atoms with Crippen LogP contribution in [0, 0.1) is 6.92 Å². The lowest BCUT2D eigenvalue weighted by molar-refractivity contribution is 0.878. The van der Waals surface area contributed by atoms with Gasteiger partial charge in [-0.1, -0.05) is 41.4 Å². The van der Waals surface area contributed by atoms with Crippen molar-refractivity contribution in [3.8, 4) is 0 Å². The Labute approximate surface area is 119 Å². The number of anilines is 1. The van der Waals surface area contributed by atoms with Crippen molar-refractivity contribution < 1.29 is 0 Å². The number of nitrogens with two attached hydrogens (primary N) is 1. The van der Waals surface area contributed by atoms with E-state index in [1.807, 2.05) is 19.2 Å². The third-order valence-electron chi connectivity index (χ3n) is 3.03. The minimum absolute atomic E-state index is 0.352. The number of hydrogen-bond acceptors (Lipinski definition) is 3. The van der Waals surface area contributed by atoms with Crippen molar-refractivity contribution in [2.45, 2.75) is 20.0 Å². The molecule has 0 spiro atoms. The molecule has 0 aliphatic carbocycles. The van der Waals surface area contributed by atoms with E-state index in [4.69, 9.17) is 17.3 Å². The smallest absolute Gasteiger partial charge is 0.129 e. The van der Waals surface area contributed by atoms with Crippen molar-refractivity contribution in [3.63, 3.8) is 0 Å². The molecule has 0 fully saturated rings. The molecule has 1 heterocycles. The second-order valence-electron chi connectivity index (χ2n) is 4.64. The van der Waals surface area contributed by atoms with Gasteiger partial charge < -0.3 is 10.6 Å². The summed E-state index contributed by atoms with van der Waals surface area (Å²) in [6, 6.07) is 12.2. The third kappa shape index (κ3) is 3.46. The topological polar surface area (TPSA) is 42.1 Å². The first-order chi connectivity index (χ1) is 9.10. The lowest BCUT2D eigenvalue weighted by atomic mass is 10.1. The van der Waals surface area contributed by atoms with Crippen LogP contribution in [-0.4, -0.2) is 12.0 Å². The van der Waals surface area contributed by atoms with Crippen molar-refractivity contribution in [1.82, 2.24) is 4.98 Å². The fourth-order valence-electron chi connectivity index (χ4n) is 1.88. The maximum Gasteiger partial charge on any atom is 0.129 e. The molecule has 0 amide bonds. The van der Waals surface area contributed by atoms with Crippen LogP contribution in [0.15, 0.2) is 36.4 Å². The molecule has 3 nitrogen and oxygen atoms in total. The van der Waals surface area contributed by atoms with Gasteiger partial charge in [-0.25, -0.2) is 4.98 Å². The predicted molar refractivity (Wildman–Crippen MR) is 80.4 cm³/mol. The Hall–Kier alpha value is -1.58. The van der Waals surface area contributed by atoms with Crippen LogP contribution in [0.4, 0.5) is 5.82 Å². The van der Waals surface area contributed by atoms with Crippen LogP contribution in [0.1, 0.15) is 16.8 Å². The van der Waals surface area contributed by atoms with Gasteiger partial charge in [-0.05, 0) is 24.6 Å². The number of benzene rings is 1. The fourth-order valence-corrected chi connectivity index (χ4v) is 2.06. The second kappa shape index (κ2) is 6.04. The summed E-state index contributed by atoms with van der Waals surface area (Å²) in [6.07, 6.45) is 0. The summed E-state index contributed by atoms with van der Waals surface area (Å²) in [4.78, 5) is 6.56. The number of nitrogens with zero attached hydrogens (tertiary/aromatic N) is 2. The van der Waals surface area contributed by atoms with E-state index in [1.54, 1.807) is 0 Å². The second-order valence-corrected chi connectivity index (χ2v) is 5.05.